The summed E-state index contributed by atoms with van der Waals surface area (Å²) in [4.78, 5) is 10.6. The molecule has 0 heterocycles. The van der Waals surface area contributed by atoms with E-state index in [-0.39, 0.29) is 6.42 Å². The Morgan fingerprint density at radius 2 is 1.95 bits per heavy atom. The quantitative estimate of drug-likeness (QED) is 0.664. The highest BCUT2D eigenvalue weighted by atomic mass is 16.5. The Balaban J connectivity index is 2.65. The molecule has 1 N–H and O–H groups in total. The molecule has 0 unspecified atom stereocenters. The van der Waals surface area contributed by atoms with Crippen LogP contribution in [-0.4, -0.2) is 24.3 Å². The maximum Gasteiger partial charge on any atom is 0.303 e. The van der Waals surface area contributed by atoms with Gasteiger partial charge in [0.15, 0.2) is 11.5 Å². The van der Waals surface area contributed by atoms with Crippen LogP contribution in [0.5, 0.6) is 11.5 Å². The molecule has 0 aliphatic rings. The molecule has 0 spiro atoms. The molecule has 0 saturated heterocycles. The second kappa shape index (κ2) is 9.23. The second-order valence-corrected chi connectivity index (χ2v) is 4.66. The molecule has 0 atom stereocenters. The van der Waals surface area contributed by atoms with E-state index >= 15 is 0 Å². The van der Waals surface area contributed by atoms with E-state index in [2.05, 4.69) is 6.92 Å². The number of aryl methyl sites for hydroxylation is 1. The second-order valence-electron chi connectivity index (χ2n) is 4.66. The maximum atomic E-state index is 10.6. The average molecular weight is 280 g/mol. The van der Waals surface area contributed by atoms with Crippen LogP contribution in [0.1, 0.15) is 45.1 Å². The van der Waals surface area contributed by atoms with E-state index in [0.717, 1.165) is 30.6 Å². The van der Waals surface area contributed by atoms with Gasteiger partial charge in [0.1, 0.15) is 0 Å². The van der Waals surface area contributed by atoms with Crippen molar-refractivity contribution in [2.24, 2.45) is 0 Å². The molecule has 1 aromatic rings. The Morgan fingerprint density at radius 3 is 2.60 bits per heavy atom. The van der Waals surface area contributed by atoms with Gasteiger partial charge in [-0.25, -0.2) is 0 Å². The molecule has 0 amide bonds. The monoisotopic (exact) mass is 280 g/mol. The minimum absolute atomic E-state index is 0.127. The Kier molecular flexibility index (Phi) is 7.55. The van der Waals surface area contributed by atoms with Crippen molar-refractivity contribution in [3.63, 3.8) is 0 Å². The predicted octanol–water partition coefficient (Wildman–Crippen LogP) is 3.67. The first-order valence-corrected chi connectivity index (χ1v) is 7.27. The van der Waals surface area contributed by atoms with Gasteiger partial charge in [-0.3, -0.25) is 4.79 Å². The zero-order valence-electron chi connectivity index (χ0n) is 12.4. The first-order chi connectivity index (χ1) is 9.67. The van der Waals surface area contributed by atoms with Crippen LogP contribution in [0.15, 0.2) is 18.2 Å². The number of carbonyl (C=O) groups is 1. The van der Waals surface area contributed by atoms with E-state index in [1.54, 1.807) is 0 Å². The van der Waals surface area contributed by atoms with Crippen LogP contribution in [0.4, 0.5) is 0 Å². The van der Waals surface area contributed by atoms with Crippen molar-refractivity contribution in [1.29, 1.82) is 0 Å². The standard InChI is InChI=1S/C16H24O4/c1-3-5-6-11-20-14-9-7-13(8-10-16(17)18)12-15(14)19-4-2/h7,9,12H,3-6,8,10-11H2,1-2H3,(H,17,18). The number of benzene rings is 1. The van der Waals surface area contributed by atoms with E-state index < -0.39 is 5.97 Å². The van der Waals surface area contributed by atoms with Crippen molar-refractivity contribution >= 4 is 5.97 Å². The highest BCUT2D eigenvalue weighted by Gasteiger charge is 2.07. The number of carboxylic acids is 1. The SMILES string of the molecule is CCCCCOc1ccc(CCC(=O)O)cc1OCC. The van der Waals surface area contributed by atoms with Gasteiger partial charge in [0.05, 0.1) is 13.2 Å². The Morgan fingerprint density at radius 1 is 1.15 bits per heavy atom. The number of unbranched alkanes of at least 4 members (excludes halogenated alkanes) is 2. The highest BCUT2D eigenvalue weighted by Crippen LogP contribution is 2.29. The number of carboxylic acid groups (broad SMARTS) is 1. The van der Waals surface area contributed by atoms with Crippen molar-refractivity contribution < 1.29 is 19.4 Å². The fourth-order valence-electron chi connectivity index (χ4n) is 1.88. The molecule has 0 aliphatic heterocycles. The molecule has 4 heteroatoms. The summed E-state index contributed by atoms with van der Waals surface area (Å²) in [5.74, 6) is 0.650. The summed E-state index contributed by atoms with van der Waals surface area (Å²) >= 11 is 0. The van der Waals surface area contributed by atoms with Crippen molar-refractivity contribution in [3.05, 3.63) is 23.8 Å². The lowest BCUT2D eigenvalue weighted by molar-refractivity contribution is -0.136. The highest BCUT2D eigenvalue weighted by molar-refractivity contribution is 5.67. The third kappa shape index (κ3) is 5.95. The Hall–Kier alpha value is -1.71. The number of ether oxygens (including phenoxy) is 2. The molecule has 0 radical (unpaired) electrons. The molecule has 20 heavy (non-hydrogen) atoms. The van der Waals surface area contributed by atoms with E-state index in [9.17, 15) is 4.79 Å². The molecule has 0 aromatic heterocycles. The largest absolute Gasteiger partial charge is 0.490 e. The third-order valence-corrected chi connectivity index (χ3v) is 2.94. The topological polar surface area (TPSA) is 55.8 Å². The van der Waals surface area contributed by atoms with Crippen LogP contribution in [0.2, 0.25) is 0 Å². The van der Waals surface area contributed by atoms with Crippen molar-refractivity contribution in [1.82, 2.24) is 0 Å². The van der Waals surface area contributed by atoms with Gasteiger partial charge in [-0.15, -0.1) is 0 Å². The maximum absolute atomic E-state index is 10.6. The summed E-state index contributed by atoms with van der Waals surface area (Å²) in [5, 5.41) is 8.71. The Labute approximate surface area is 120 Å². The molecular formula is C16H24O4. The average Bonchev–Trinajstić information content (AvgIpc) is 2.43. The molecule has 4 nitrogen and oxygen atoms in total. The number of rotatable bonds is 10. The smallest absolute Gasteiger partial charge is 0.303 e. The molecule has 0 saturated carbocycles. The van der Waals surface area contributed by atoms with E-state index in [0.29, 0.717) is 25.4 Å². The first kappa shape index (κ1) is 16.3. The summed E-state index contributed by atoms with van der Waals surface area (Å²) in [7, 11) is 0. The van der Waals surface area contributed by atoms with Gasteiger partial charge in [0.25, 0.3) is 0 Å². The zero-order chi connectivity index (χ0) is 14.8. The number of aliphatic carboxylic acids is 1. The molecule has 0 aliphatic carbocycles. The lowest BCUT2D eigenvalue weighted by atomic mass is 10.1. The van der Waals surface area contributed by atoms with Gasteiger partial charge < -0.3 is 14.6 Å². The normalized spacial score (nSPS) is 10.3. The number of hydrogen-bond acceptors (Lipinski definition) is 3. The van der Waals surface area contributed by atoms with Crippen LogP contribution >= 0.6 is 0 Å². The lowest BCUT2D eigenvalue weighted by Gasteiger charge is -2.13. The van der Waals surface area contributed by atoms with E-state index in [4.69, 9.17) is 14.6 Å². The molecular weight excluding hydrogens is 256 g/mol. The minimum atomic E-state index is -0.789. The molecule has 1 aromatic carbocycles. The van der Waals surface area contributed by atoms with Gasteiger partial charge in [-0.1, -0.05) is 25.8 Å². The van der Waals surface area contributed by atoms with Gasteiger partial charge in [0, 0.05) is 6.42 Å². The van der Waals surface area contributed by atoms with Crippen molar-refractivity contribution in [3.8, 4) is 11.5 Å². The van der Waals surface area contributed by atoms with Crippen LogP contribution in [0.3, 0.4) is 0 Å². The fourth-order valence-corrected chi connectivity index (χ4v) is 1.88. The zero-order valence-corrected chi connectivity index (χ0v) is 12.4. The summed E-state index contributed by atoms with van der Waals surface area (Å²) in [6.45, 7) is 5.32. The lowest BCUT2D eigenvalue weighted by Crippen LogP contribution is -2.02. The van der Waals surface area contributed by atoms with Gasteiger partial charge >= 0.3 is 5.97 Å². The fraction of sp³-hybridized carbons (Fsp3) is 0.562. The summed E-state index contributed by atoms with van der Waals surface area (Å²) in [5.41, 5.74) is 0.955. The van der Waals surface area contributed by atoms with E-state index in [1.807, 2.05) is 25.1 Å². The predicted molar refractivity (Wildman–Crippen MR) is 78.6 cm³/mol. The number of hydrogen-bond donors (Lipinski definition) is 1. The van der Waals surface area contributed by atoms with Crippen molar-refractivity contribution in [2.45, 2.75) is 46.0 Å². The van der Waals surface area contributed by atoms with Crippen LogP contribution in [-0.2, 0) is 11.2 Å². The summed E-state index contributed by atoms with van der Waals surface area (Å²) < 4.78 is 11.3. The van der Waals surface area contributed by atoms with Crippen LogP contribution < -0.4 is 9.47 Å². The van der Waals surface area contributed by atoms with Gasteiger partial charge in [-0.2, -0.15) is 0 Å². The van der Waals surface area contributed by atoms with Crippen LogP contribution in [0, 0.1) is 0 Å². The molecule has 0 fully saturated rings. The summed E-state index contributed by atoms with van der Waals surface area (Å²) in [6.07, 6.45) is 3.98. The van der Waals surface area contributed by atoms with E-state index in [1.165, 1.54) is 0 Å². The Bertz CT molecular complexity index is 415. The minimum Gasteiger partial charge on any atom is -0.490 e. The molecule has 0 bridgehead atoms. The van der Waals surface area contributed by atoms with Crippen LogP contribution in [0.25, 0.3) is 0 Å². The first-order valence-electron chi connectivity index (χ1n) is 7.27. The van der Waals surface area contributed by atoms with Crippen molar-refractivity contribution in [2.75, 3.05) is 13.2 Å². The summed E-state index contributed by atoms with van der Waals surface area (Å²) in [6, 6.07) is 5.65. The third-order valence-electron chi connectivity index (χ3n) is 2.94. The molecule has 1 rings (SSSR count). The van der Waals surface area contributed by atoms with Gasteiger partial charge in [0.2, 0.25) is 0 Å². The molecule has 112 valence electrons. The van der Waals surface area contributed by atoms with Gasteiger partial charge in [-0.05, 0) is 37.5 Å².